The van der Waals surface area contributed by atoms with Crippen LogP contribution in [0.15, 0.2) is 30.5 Å². The number of rotatable bonds is 9. The molecule has 1 fully saturated rings. The monoisotopic (exact) mass is 586 g/mol. The summed E-state index contributed by atoms with van der Waals surface area (Å²) in [5, 5.41) is 3.23. The highest BCUT2D eigenvalue weighted by atomic mass is 32.2. The molecule has 0 radical (unpaired) electrons. The van der Waals surface area contributed by atoms with Crippen LogP contribution in [0.4, 0.5) is 33.6 Å². The van der Waals surface area contributed by atoms with Gasteiger partial charge in [-0.15, -0.1) is 0 Å². The SMILES string of the molecule is CCc1cc(-c2ccc(NS(=O)(=O)CCC(F)(F)F)c(F)c2)nc2cnc(N[C@H]3CCC(N(C)C)C(F)C3)nc12. The van der Waals surface area contributed by atoms with E-state index in [9.17, 15) is 30.4 Å². The molecule has 1 saturated carbocycles. The number of sulfonamides is 1. The molecule has 0 aliphatic heterocycles. The molecular formula is C26H31F5N6O2S. The minimum absolute atomic E-state index is 0.103. The molecular weight excluding hydrogens is 555 g/mol. The molecule has 4 rings (SSSR count). The number of aryl methyl sites for hydroxylation is 1. The van der Waals surface area contributed by atoms with E-state index in [0.29, 0.717) is 41.1 Å². The second-order valence-electron chi connectivity index (χ2n) is 10.1. The van der Waals surface area contributed by atoms with E-state index in [2.05, 4.69) is 20.3 Å². The number of halogens is 5. The predicted octanol–water partition coefficient (Wildman–Crippen LogP) is 5.32. The molecule has 2 aromatic heterocycles. The Hall–Kier alpha value is -3.13. The van der Waals surface area contributed by atoms with Gasteiger partial charge in [0.2, 0.25) is 16.0 Å². The summed E-state index contributed by atoms with van der Waals surface area (Å²) in [7, 11) is -0.657. The maximum atomic E-state index is 14.8. The summed E-state index contributed by atoms with van der Waals surface area (Å²) in [5.74, 6) is -1.81. The summed E-state index contributed by atoms with van der Waals surface area (Å²) in [4.78, 5) is 15.4. The number of pyridine rings is 1. The number of fused-ring (bicyclic) bond motifs is 1. The first-order valence-electron chi connectivity index (χ1n) is 12.9. The van der Waals surface area contributed by atoms with Gasteiger partial charge < -0.3 is 10.2 Å². The van der Waals surface area contributed by atoms with E-state index >= 15 is 0 Å². The summed E-state index contributed by atoms with van der Waals surface area (Å²) in [6.07, 6.45) is -3.21. The average molecular weight is 587 g/mol. The van der Waals surface area contributed by atoms with Gasteiger partial charge in [-0.1, -0.05) is 13.0 Å². The lowest BCUT2D eigenvalue weighted by Crippen LogP contribution is -2.44. The third kappa shape index (κ3) is 7.33. The van der Waals surface area contributed by atoms with Crippen LogP contribution < -0.4 is 10.0 Å². The topological polar surface area (TPSA) is 100 Å². The van der Waals surface area contributed by atoms with Crippen molar-refractivity contribution in [2.24, 2.45) is 0 Å². The minimum Gasteiger partial charge on any atom is -0.351 e. The van der Waals surface area contributed by atoms with Crippen LogP contribution in [0.1, 0.15) is 38.2 Å². The Morgan fingerprint density at radius 3 is 2.50 bits per heavy atom. The largest absolute Gasteiger partial charge is 0.390 e. The third-order valence-electron chi connectivity index (χ3n) is 6.93. The van der Waals surface area contributed by atoms with Crippen LogP contribution in [0, 0.1) is 5.82 Å². The molecule has 0 amide bonds. The van der Waals surface area contributed by atoms with Gasteiger partial charge in [-0.2, -0.15) is 13.2 Å². The van der Waals surface area contributed by atoms with Crippen LogP contribution in [0.5, 0.6) is 0 Å². The second-order valence-corrected chi connectivity index (χ2v) is 12.0. The lowest BCUT2D eigenvalue weighted by atomic mass is 9.89. The van der Waals surface area contributed by atoms with Gasteiger partial charge >= 0.3 is 6.18 Å². The van der Waals surface area contributed by atoms with Gasteiger partial charge in [0, 0.05) is 24.1 Å². The molecule has 2 heterocycles. The fourth-order valence-corrected chi connectivity index (χ4v) is 5.90. The van der Waals surface area contributed by atoms with Crippen molar-refractivity contribution in [3.63, 3.8) is 0 Å². The molecule has 3 atom stereocenters. The first-order chi connectivity index (χ1) is 18.7. The predicted molar refractivity (Wildman–Crippen MR) is 144 cm³/mol. The zero-order chi connectivity index (χ0) is 29.2. The van der Waals surface area contributed by atoms with Crippen molar-refractivity contribution in [1.82, 2.24) is 19.9 Å². The Morgan fingerprint density at radius 1 is 1.12 bits per heavy atom. The molecule has 0 bridgehead atoms. The summed E-state index contributed by atoms with van der Waals surface area (Å²) in [6, 6.07) is 5.14. The van der Waals surface area contributed by atoms with E-state index in [-0.39, 0.29) is 12.1 Å². The molecule has 2 unspecified atom stereocenters. The number of anilines is 2. The zero-order valence-corrected chi connectivity index (χ0v) is 23.1. The van der Waals surface area contributed by atoms with Crippen molar-refractivity contribution in [2.45, 2.75) is 63.5 Å². The van der Waals surface area contributed by atoms with Gasteiger partial charge in [0.25, 0.3) is 0 Å². The lowest BCUT2D eigenvalue weighted by Gasteiger charge is -2.35. The van der Waals surface area contributed by atoms with Crippen molar-refractivity contribution < 1.29 is 30.4 Å². The summed E-state index contributed by atoms with van der Waals surface area (Å²) in [6.45, 7) is 1.92. The molecule has 8 nitrogen and oxygen atoms in total. The Bertz CT molecular complexity index is 1470. The molecule has 1 aliphatic rings. The van der Waals surface area contributed by atoms with Crippen LogP contribution in [0.3, 0.4) is 0 Å². The van der Waals surface area contributed by atoms with Gasteiger partial charge in [-0.3, -0.25) is 4.72 Å². The molecule has 3 aromatic rings. The number of alkyl halides is 4. The van der Waals surface area contributed by atoms with Gasteiger partial charge in [0.15, 0.2) is 0 Å². The smallest absolute Gasteiger partial charge is 0.351 e. The van der Waals surface area contributed by atoms with E-state index in [4.69, 9.17) is 0 Å². The van der Waals surface area contributed by atoms with Crippen molar-refractivity contribution in [1.29, 1.82) is 0 Å². The summed E-state index contributed by atoms with van der Waals surface area (Å²) in [5.41, 5.74) is 2.12. The highest BCUT2D eigenvalue weighted by molar-refractivity contribution is 7.92. The minimum atomic E-state index is -4.65. The molecule has 1 aliphatic carbocycles. The second kappa shape index (κ2) is 11.8. The summed E-state index contributed by atoms with van der Waals surface area (Å²) < 4.78 is 92.4. The molecule has 218 valence electrons. The Labute approximate surface area is 229 Å². The fraction of sp³-hybridized carbons (Fsp3) is 0.500. The lowest BCUT2D eigenvalue weighted by molar-refractivity contribution is -0.129. The molecule has 2 N–H and O–H groups in total. The van der Waals surface area contributed by atoms with E-state index in [1.165, 1.54) is 12.3 Å². The van der Waals surface area contributed by atoms with E-state index < -0.39 is 46.0 Å². The highest BCUT2D eigenvalue weighted by Gasteiger charge is 2.32. The Balaban J connectivity index is 1.53. The van der Waals surface area contributed by atoms with Crippen LogP contribution in [0.25, 0.3) is 22.3 Å². The maximum absolute atomic E-state index is 14.8. The number of hydrogen-bond acceptors (Lipinski definition) is 7. The molecule has 0 spiro atoms. The normalized spacial score (nSPS) is 20.2. The Morgan fingerprint density at radius 2 is 1.88 bits per heavy atom. The quantitative estimate of drug-likeness (QED) is 0.328. The van der Waals surface area contributed by atoms with Crippen molar-refractivity contribution >= 4 is 32.7 Å². The van der Waals surface area contributed by atoms with Crippen LogP contribution in [0.2, 0.25) is 0 Å². The van der Waals surface area contributed by atoms with Gasteiger partial charge in [-0.25, -0.2) is 32.2 Å². The van der Waals surface area contributed by atoms with E-state index in [0.717, 1.165) is 30.5 Å². The van der Waals surface area contributed by atoms with Gasteiger partial charge in [0.05, 0.1) is 35.3 Å². The van der Waals surface area contributed by atoms with Crippen molar-refractivity contribution in [2.75, 3.05) is 29.9 Å². The number of benzene rings is 1. The summed E-state index contributed by atoms with van der Waals surface area (Å²) >= 11 is 0. The molecule has 1 aromatic carbocycles. The first-order valence-corrected chi connectivity index (χ1v) is 14.5. The van der Waals surface area contributed by atoms with Crippen molar-refractivity contribution in [3.05, 3.63) is 41.8 Å². The number of nitrogens with one attached hydrogen (secondary N) is 2. The fourth-order valence-electron chi connectivity index (χ4n) is 4.80. The highest BCUT2D eigenvalue weighted by Crippen LogP contribution is 2.30. The van der Waals surface area contributed by atoms with Gasteiger partial charge in [-0.05, 0) is 57.1 Å². The first kappa shape index (κ1) is 29.8. The van der Waals surface area contributed by atoms with E-state index in [1.54, 1.807) is 6.07 Å². The maximum Gasteiger partial charge on any atom is 0.390 e. The molecule has 0 saturated heterocycles. The number of hydrogen-bond donors (Lipinski definition) is 2. The van der Waals surface area contributed by atoms with Crippen LogP contribution in [-0.4, -0.2) is 72.5 Å². The van der Waals surface area contributed by atoms with Gasteiger partial charge in [0.1, 0.15) is 17.5 Å². The average Bonchev–Trinajstić information content (AvgIpc) is 2.87. The number of nitrogens with zero attached hydrogens (tertiary/aromatic N) is 4. The third-order valence-corrected chi connectivity index (χ3v) is 8.20. The standard InChI is InChI=1S/C26H31F5N6O2S/c1-4-15-12-21(16-5-7-20(18(27)11-16)36-40(38,39)10-9-26(29,30)31)34-22-14-32-25(35-24(15)22)33-17-6-8-23(37(2)3)19(28)13-17/h5,7,11-12,14,17,19,23,36H,4,6,8-10,13H2,1-3H3,(H,32,33,35)/t17-,19?,23?/m0/s1. The zero-order valence-electron chi connectivity index (χ0n) is 22.3. The van der Waals surface area contributed by atoms with Crippen LogP contribution in [-0.2, 0) is 16.4 Å². The Kier molecular flexibility index (Phi) is 8.78. The van der Waals surface area contributed by atoms with Crippen molar-refractivity contribution in [3.8, 4) is 11.3 Å². The molecule has 14 heteroatoms. The van der Waals surface area contributed by atoms with Crippen LogP contribution >= 0.6 is 0 Å². The van der Waals surface area contributed by atoms with E-state index in [1.807, 2.05) is 30.6 Å². The molecule has 40 heavy (non-hydrogen) atoms. The number of aromatic nitrogens is 3.